The average Bonchev–Trinajstić information content (AvgIpc) is 3.23. The van der Waals surface area contributed by atoms with Crippen molar-refractivity contribution in [2.75, 3.05) is 6.54 Å². The van der Waals surface area contributed by atoms with Crippen molar-refractivity contribution in [2.45, 2.75) is 96.8 Å². The lowest BCUT2D eigenvalue weighted by atomic mass is 10.0. The molecule has 29 heavy (non-hydrogen) atoms. The van der Waals surface area contributed by atoms with Crippen molar-refractivity contribution in [2.24, 2.45) is 0 Å². The van der Waals surface area contributed by atoms with Crippen molar-refractivity contribution in [3.05, 3.63) is 28.5 Å². The lowest BCUT2D eigenvalue weighted by Crippen LogP contribution is -2.38. The quantitative estimate of drug-likeness (QED) is 0.154. The third-order valence-corrected chi connectivity index (χ3v) is 6.08. The molecule has 2 N–H and O–H groups in total. The molecule has 0 unspecified atom stereocenters. The first kappa shape index (κ1) is 25.8. The monoisotopic (exact) mass is 436 g/mol. The van der Waals surface area contributed by atoms with Gasteiger partial charge in [-0.3, -0.25) is 10.1 Å². The number of thiocarbonyl (C=S) groups is 1. The first-order valence-corrected chi connectivity index (χ1v) is 12.8. The summed E-state index contributed by atoms with van der Waals surface area (Å²) in [6, 6.07) is 3.94. The van der Waals surface area contributed by atoms with Crippen LogP contribution in [0.4, 0.5) is 0 Å². The highest BCUT2D eigenvalue weighted by Gasteiger charge is 2.00. The van der Waals surface area contributed by atoms with E-state index in [1.807, 2.05) is 17.5 Å². The molecule has 0 aliphatic heterocycles. The van der Waals surface area contributed by atoms with Gasteiger partial charge in [0.1, 0.15) is 0 Å². The molecular weight excluding hydrogens is 396 g/mol. The smallest absolute Gasteiger partial charge is 0.250 e. The van der Waals surface area contributed by atoms with E-state index in [4.69, 9.17) is 12.2 Å². The van der Waals surface area contributed by atoms with Crippen LogP contribution in [0.15, 0.2) is 23.6 Å². The summed E-state index contributed by atoms with van der Waals surface area (Å²) >= 11 is 6.77. The van der Waals surface area contributed by atoms with Crippen LogP contribution in [0.1, 0.15) is 102 Å². The normalized spacial score (nSPS) is 11.1. The standard InChI is InChI=1S/C24H40N2OS2/c1-2-3-4-5-6-7-8-9-10-11-12-13-14-15-20-25-24(28)26-23(27)19-18-22-17-16-21-29-22/h16-19,21H,2-15,20H2,1H3,(H2,25,26,27,28). The summed E-state index contributed by atoms with van der Waals surface area (Å²) in [7, 11) is 0. The predicted octanol–water partition coefficient (Wildman–Crippen LogP) is 7.23. The van der Waals surface area contributed by atoms with E-state index in [0.717, 1.165) is 17.8 Å². The number of carbonyl (C=O) groups is 1. The molecule has 1 heterocycles. The zero-order valence-electron chi connectivity index (χ0n) is 18.2. The van der Waals surface area contributed by atoms with Crippen LogP contribution in [-0.2, 0) is 4.79 Å². The summed E-state index contributed by atoms with van der Waals surface area (Å²) in [6.07, 6.45) is 22.3. The van der Waals surface area contributed by atoms with Crippen LogP contribution >= 0.6 is 23.6 Å². The molecule has 0 saturated heterocycles. The summed E-state index contributed by atoms with van der Waals surface area (Å²) in [4.78, 5) is 12.8. The van der Waals surface area contributed by atoms with E-state index in [-0.39, 0.29) is 5.91 Å². The van der Waals surface area contributed by atoms with Crippen LogP contribution < -0.4 is 10.6 Å². The van der Waals surface area contributed by atoms with Gasteiger partial charge >= 0.3 is 0 Å². The molecule has 3 nitrogen and oxygen atoms in total. The van der Waals surface area contributed by atoms with Crippen molar-refractivity contribution in [1.29, 1.82) is 0 Å². The molecule has 0 aliphatic carbocycles. The molecule has 1 amide bonds. The Hall–Kier alpha value is -1.20. The largest absolute Gasteiger partial charge is 0.362 e. The Bertz CT molecular complexity index is 555. The second kappa shape index (κ2) is 18.8. The number of hydrogen-bond donors (Lipinski definition) is 2. The number of rotatable bonds is 17. The second-order valence-electron chi connectivity index (χ2n) is 7.69. The number of nitrogens with one attached hydrogen (secondary N) is 2. The molecule has 0 aromatic carbocycles. The van der Waals surface area contributed by atoms with Crippen molar-refractivity contribution in [3.8, 4) is 0 Å². The number of amides is 1. The predicted molar refractivity (Wildman–Crippen MR) is 132 cm³/mol. The molecule has 1 aromatic heterocycles. The molecule has 0 spiro atoms. The minimum atomic E-state index is -0.183. The van der Waals surface area contributed by atoms with E-state index in [9.17, 15) is 4.79 Å². The summed E-state index contributed by atoms with van der Waals surface area (Å²) in [5.74, 6) is -0.183. The van der Waals surface area contributed by atoms with E-state index in [1.165, 1.54) is 89.5 Å². The topological polar surface area (TPSA) is 41.1 Å². The van der Waals surface area contributed by atoms with Gasteiger partial charge in [0.05, 0.1) is 0 Å². The highest BCUT2D eigenvalue weighted by molar-refractivity contribution is 7.80. The maximum absolute atomic E-state index is 11.8. The van der Waals surface area contributed by atoms with Gasteiger partial charge in [-0.25, -0.2) is 0 Å². The molecule has 0 aliphatic rings. The molecule has 0 fully saturated rings. The number of carbonyl (C=O) groups excluding carboxylic acids is 1. The highest BCUT2D eigenvalue weighted by atomic mass is 32.1. The molecule has 1 rings (SSSR count). The Kier molecular flexibility index (Phi) is 16.8. The fourth-order valence-corrected chi connectivity index (χ4v) is 4.08. The SMILES string of the molecule is CCCCCCCCCCCCCCCCNC(=S)NC(=O)C=Cc1cccs1. The lowest BCUT2D eigenvalue weighted by molar-refractivity contribution is -0.115. The van der Waals surface area contributed by atoms with Gasteiger partial charge in [-0.05, 0) is 36.2 Å². The van der Waals surface area contributed by atoms with E-state index < -0.39 is 0 Å². The van der Waals surface area contributed by atoms with Gasteiger partial charge in [-0.15, -0.1) is 11.3 Å². The van der Waals surface area contributed by atoms with Gasteiger partial charge in [-0.2, -0.15) is 0 Å². The van der Waals surface area contributed by atoms with E-state index >= 15 is 0 Å². The Labute approximate surface area is 187 Å². The first-order valence-electron chi connectivity index (χ1n) is 11.5. The Morgan fingerprint density at radius 3 is 2.00 bits per heavy atom. The Morgan fingerprint density at radius 1 is 0.931 bits per heavy atom. The molecule has 0 saturated carbocycles. The molecular formula is C24H40N2OS2. The molecule has 0 radical (unpaired) electrons. The molecule has 0 bridgehead atoms. The van der Waals surface area contributed by atoms with Crippen LogP contribution in [0.2, 0.25) is 0 Å². The van der Waals surface area contributed by atoms with Crippen molar-refractivity contribution in [1.82, 2.24) is 10.6 Å². The van der Waals surface area contributed by atoms with E-state index in [1.54, 1.807) is 17.4 Å². The minimum Gasteiger partial charge on any atom is -0.362 e. The minimum absolute atomic E-state index is 0.183. The van der Waals surface area contributed by atoms with Gasteiger partial charge < -0.3 is 5.32 Å². The Morgan fingerprint density at radius 2 is 1.48 bits per heavy atom. The fourth-order valence-electron chi connectivity index (χ4n) is 3.26. The van der Waals surface area contributed by atoms with E-state index in [2.05, 4.69) is 17.6 Å². The maximum Gasteiger partial charge on any atom is 0.250 e. The Balaban J connectivity index is 1.83. The number of thiophene rings is 1. The highest BCUT2D eigenvalue weighted by Crippen LogP contribution is 2.13. The van der Waals surface area contributed by atoms with Crippen LogP contribution in [0.5, 0.6) is 0 Å². The van der Waals surface area contributed by atoms with Crippen molar-refractivity contribution >= 4 is 40.7 Å². The zero-order valence-corrected chi connectivity index (χ0v) is 19.9. The molecule has 1 aromatic rings. The van der Waals surface area contributed by atoms with Crippen LogP contribution in [0.3, 0.4) is 0 Å². The van der Waals surface area contributed by atoms with Crippen molar-refractivity contribution in [3.63, 3.8) is 0 Å². The van der Waals surface area contributed by atoms with Crippen molar-refractivity contribution < 1.29 is 4.79 Å². The average molecular weight is 437 g/mol. The number of unbranched alkanes of at least 4 members (excludes halogenated alkanes) is 13. The van der Waals surface area contributed by atoms with Crippen LogP contribution in [-0.4, -0.2) is 17.6 Å². The third kappa shape index (κ3) is 16.3. The summed E-state index contributed by atoms with van der Waals surface area (Å²) in [5.41, 5.74) is 0. The second-order valence-corrected chi connectivity index (χ2v) is 9.08. The maximum atomic E-state index is 11.8. The van der Waals surface area contributed by atoms with E-state index in [0.29, 0.717) is 5.11 Å². The number of hydrogen-bond acceptors (Lipinski definition) is 3. The third-order valence-electron chi connectivity index (χ3n) is 4.99. The summed E-state index contributed by atoms with van der Waals surface area (Å²) in [6.45, 7) is 3.10. The lowest BCUT2D eigenvalue weighted by Gasteiger charge is -2.08. The summed E-state index contributed by atoms with van der Waals surface area (Å²) < 4.78 is 0. The fraction of sp³-hybridized carbons (Fsp3) is 0.667. The molecule has 0 atom stereocenters. The molecule has 164 valence electrons. The van der Waals surface area contributed by atoms with Crippen LogP contribution in [0.25, 0.3) is 6.08 Å². The van der Waals surface area contributed by atoms with Gasteiger partial charge in [0.15, 0.2) is 5.11 Å². The van der Waals surface area contributed by atoms with Gasteiger partial charge in [0.2, 0.25) is 5.91 Å². The van der Waals surface area contributed by atoms with Gasteiger partial charge in [0.25, 0.3) is 0 Å². The zero-order chi connectivity index (χ0) is 21.0. The molecule has 5 heteroatoms. The van der Waals surface area contributed by atoms with Crippen LogP contribution in [0, 0.1) is 0 Å². The summed E-state index contributed by atoms with van der Waals surface area (Å²) in [5, 5.41) is 8.21. The van der Waals surface area contributed by atoms with Gasteiger partial charge in [-0.1, -0.05) is 96.5 Å². The first-order chi connectivity index (χ1) is 14.2. The van der Waals surface area contributed by atoms with Gasteiger partial charge in [0, 0.05) is 17.5 Å².